The average molecular weight is 402 g/mol. The lowest BCUT2D eigenvalue weighted by Gasteiger charge is -2.54. The first-order valence-electron chi connectivity index (χ1n) is 10.6. The van der Waals surface area contributed by atoms with Gasteiger partial charge in [0.2, 0.25) is 0 Å². The first-order valence-corrected chi connectivity index (χ1v) is 10.6. The Kier molecular flexibility index (Phi) is 4.35. The van der Waals surface area contributed by atoms with Gasteiger partial charge in [-0.25, -0.2) is 9.18 Å². The number of carbonyl (C=O) groups excluding carboxylic acids is 2. The highest BCUT2D eigenvalue weighted by molar-refractivity contribution is 5.89. The molecule has 1 aromatic rings. The summed E-state index contributed by atoms with van der Waals surface area (Å²) in [6.45, 7) is -0.287. The molecule has 5 rings (SSSR count). The van der Waals surface area contributed by atoms with Gasteiger partial charge in [0.1, 0.15) is 6.17 Å². The van der Waals surface area contributed by atoms with Crippen molar-refractivity contribution in [3.05, 3.63) is 23.3 Å². The van der Waals surface area contributed by atoms with Gasteiger partial charge in [0.25, 0.3) is 0 Å². The molecule has 1 unspecified atom stereocenters. The summed E-state index contributed by atoms with van der Waals surface area (Å²) in [5.41, 5.74) is 7.35. The Morgan fingerprint density at radius 2 is 2.28 bits per heavy atom. The van der Waals surface area contributed by atoms with Crippen LogP contribution >= 0.6 is 0 Å². The number of hydrogen-bond acceptors (Lipinski definition) is 5. The van der Waals surface area contributed by atoms with Gasteiger partial charge in [-0.05, 0) is 49.1 Å². The molecule has 1 spiro atoms. The summed E-state index contributed by atoms with van der Waals surface area (Å²) in [6, 6.07) is 3.77. The number of carbonyl (C=O) groups is 2. The number of ketones is 1. The van der Waals surface area contributed by atoms with Gasteiger partial charge in [0.05, 0.1) is 6.54 Å². The topological polar surface area (TPSA) is 81.9 Å². The Morgan fingerprint density at radius 1 is 1.45 bits per heavy atom. The van der Waals surface area contributed by atoms with E-state index in [4.69, 9.17) is 15.2 Å². The fourth-order valence-electron chi connectivity index (χ4n) is 6.36. The molecular formula is C22H27FN2O4. The average Bonchev–Trinajstić information content (AvgIpc) is 3.05. The fourth-order valence-corrected chi connectivity index (χ4v) is 6.36. The van der Waals surface area contributed by atoms with Crippen LogP contribution in [-0.2, 0) is 16.6 Å². The summed E-state index contributed by atoms with van der Waals surface area (Å²) < 4.78 is 25.4. The Hall–Kier alpha value is -2.15. The standard InChI is InChI=1S/C22H27FN2O4/c1-25(11-14(23)10-24)21(27)28-17-7-4-13-9-12-3-2-8-22-15(12)5-6-16(26)20(22)29-19(17)18(13)22/h4,7,12,14-15,20H,2-3,5-6,8-11,24H2,1H3/t12-,14?,15+,20+,22+/m1/s1. The van der Waals surface area contributed by atoms with Gasteiger partial charge >= 0.3 is 6.09 Å². The first kappa shape index (κ1) is 18.9. The van der Waals surface area contributed by atoms with E-state index in [9.17, 15) is 14.0 Å². The number of amides is 1. The Bertz CT molecular complexity index is 875. The quantitative estimate of drug-likeness (QED) is 0.838. The van der Waals surface area contributed by atoms with Gasteiger partial charge in [-0.2, -0.15) is 0 Å². The van der Waals surface area contributed by atoms with Gasteiger partial charge in [0.15, 0.2) is 23.4 Å². The van der Waals surface area contributed by atoms with Crippen molar-refractivity contribution in [3.8, 4) is 11.5 Å². The minimum absolute atomic E-state index is 0.134. The van der Waals surface area contributed by atoms with Crippen LogP contribution in [0, 0.1) is 11.8 Å². The molecule has 3 aliphatic carbocycles. The van der Waals surface area contributed by atoms with E-state index in [2.05, 4.69) is 0 Å². The molecule has 29 heavy (non-hydrogen) atoms. The maximum absolute atomic E-state index is 13.6. The van der Waals surface area contributed by atoms with Gasteiger partial charge in [-0.1, -0.05) is 12.5 Å². The number of Topliss-reactive ketones (excluding diaryl/α,β-unsaturated/α-hetero) is 1. The maximum atomic E-state index is 13.6. The fraction of sp³-hybridized carbons (Fsp3) is 0.636. The Balaban J connectivity index is 1.52. The predicted molar refractivity (Wildman–Crippen MR) is 104 cm³/mol. The van der Waals surface area contributed by atoms with E-state index in [0.717, 1.165) is 31.2 Å². The van der Waals surface area contributed by atoms with Crippen LogP contribution in [0.2, 0.25) is 0 Å². The zero-order valence-electron chi connectivity index (χ0n) is 16.7. The van der Waals surface area contributed by atoms with Crippen LogP contribution in [0.15, 0.2) is 12.1 Å². The molecule has 0 saturated heterocycles. The Morgan fingerprint density at radius 3 is 3.07 bits per heavy atom. The van der Waals surface area contributed by atoms with Crippen LogP contribution in [0.5, 0.6) is 11.5 Å². The third kappa shape index (κ3) is 2.62. The van der Waals surface area contributed by atoms with Crippen LogP contribution in [0.3, 0.4) is 0 Å². The van der Waals surface area contributed by atoms with Crippen molar-refractivity contribution in [3.63, 3.8) is 0 Å². The second-order valence-corrected chi connectivity index (χ2v) is 9.01. The maximum Gasteiger partial charge on any atom is 0.415 e. The third-order valence-electron chi connectivity index (χ3n) is 7.49. The highest BCUT2D eigenvalue weighted by Gasteiger charge is 2.64. The zero-order chi connectivity index (χ0) is 20.3. The summed E-state index contributed by atoms with van der Waals surface area (Å²) in [6.07, 6.45) is 3.29. The van der Waals surface area contributed by atoms with Crippen molar-refractivity contribution in [2.75, 3.05) is 20.1 Å². The zero-order valence-corrected chi connectivity index (χ0v) is 16.7. The molecule has 0 aromatic heterocycles. The summed E-state index contributed by atoms with van der Waals surface area (Å²) in [5, 5.41) is 0. The lowest BCUT2D eigenvalue weighted by Crippen LogP contribution is -2.58. The van der Waals surface area contributed by atoms with Crippen molar-refractivity contribution in [1.29, 1.82) is 0 Å². The second-order valence-electron chi connectivity index (χ2n) is 9.01. The van der Waals surface area contributed by atoms with Gasteiger partial charge in [-0.15, -0.1) is 0 Å². The molecular weight excluding hydrogens is 375 g/mol. The summed E-state index contributed by atoms with van der Waals surface area (Å²) in [4.78, 5) is 26.5. The highest BCUT2D eigenvalue weighted by atomic mass is 19.1. The second kappa shape index (κ2) is 6.69. The molecule has 2 N–H and O–H groups in total. The number of rotatable bonds is 4. The van der Waals surface area contributed by atoms with Gasteiger partial charge in [0, 0.05) is 31.0 Å². The van der Waals surface area contributed by atoms with E-state index in [1.165, 1.54) is 23.9 Å². The number of nitrogens with two attached hydrogens (primary N) is 1. The summed E-state index contributed by atoms with van der Waals surface area (Å²) in [7, 11) is 1.48. The molecule has 156 valence electrons. The molecule has 6 nitrogen and oxygen atoms in total. The van der Waals surface area contributed by atoms with E-state index < -0.39 is 18.4 Å². The summed E-state index contributed by atoms with van der Waals surface area (Å²) >= 11 is 0. The van der Waals surface area contributed by atoms with Crippen molar-refractivity contribution in [1.82, 2.24) is 4.90 Å². The molecule has 1 heterocycles. The predicted octanol–water partition coefficient (Wildman–Crippen LogP) is 2.75. The van der Waals surface area contributed by atoms with Crippen molar-refractivity contribution in [2.45, 2.75) is 56.2 Å². The smallest absolute Gasteiger partial charge is 0.415 e. The molecule has 2 bridgehead atoms. The highest BCUT2D eigenvalue weighted by Crippen LogP contribution is 2.65. The van der Waals surface area contributed by atoms with Crippen LogP contribution in [0.4, 0.5) is 9.18 Å². The van der Waals surface area contributed by atoms with Gasteiger partial charge in [-0.3, -0.25) is 4.79 Å². The minimum atomic E-state index is -1.30. The molecule has 5 atom stereocenters. The number of alkyl halides is 1. The summed E-state index contributed by atoms with van der Waals surface area (Å²) in [5.74, 6) is 2.08. The third-order valence-corrected chi connectivity index (χ3v) is 7.49. The largest absolute Gasteiger partial charge is 0.477 e. The monoisotopic (exact) mass is 402 g/mol. The molecule has 1 aliphatic heterocycles. The SMILES string of the molecule is CN(CC(F)CN)C(=O)Oc1ccc2c3c1O[C@H]1C(=O)CC[C@H]4[C@H](CCC[C@]314)C2. The van der Waals surface area contributed by atoms with E-state index in [0.29, 0.717) is 29.8 Å². The van der Waals surface area contributed by atoms with E-state index >= 15 is 0 Å². The lowest BCUT2D eigenvalue weighted by molar-refractivity contribution is -0.136. The number of hydrogen-bond donors (Lipinski definition) is 1. The number of benzene rings is 1. The number of halogens is 1. The molecule has 4 aliphatic rings. The van der Waals surface area contributed by atoms with Gasteiger partial charge < -0.3 is 20.1 Å². The molecule has 0 radical (unpaired) electrons. The van der Waals surface area contributed by atoms with Crippen LogP contribution in [0.25, 0.3) is 0 Å². The van der Waals surface area contributed by atoms with Crippen molar-refractivity contribution < 1.29 is 23.5 Å². The van der Waals surface area contributed by atoms with Crippen LogP contribution in [-0.4, -0.2) is 49.2 Å². The molecule has 2 fully saturated rings. The lowest BCUT2D eigenvalue weighted by atomic mass is 9.48. The van der Waals surface area contributed by atoms with Crippen molar-refractivity contribution in [2.24, 2.45) is 17.6 Å². The van der Waals surface area contributed by atoms with E-state index in [1.807, 2.05) is 6.07 Å². The molecule has 7 heteroatoms. The Labute approximate surface area is 169 Å². The molecule has 1 amide bonds. The minimum Gasteiger partial charge on any atom is -0.477 e. The molecule has 2 saturated carbocycles. The number of nitrogens with zero attached hydrogens (tertiary/aromatic N) is 1. The molecule has 1 aromatic carbocycles. The normalized spacial score (nSPS) is 32.2. The van der Waals surface area contributed by atoms with E-state index in [1.54, 1.807) is 6.07 Å². The first-order chi connectivity index (χ1) is 14.0. The van der Waals surface area contributed by atoms with Crippen molar-refractivity contribution >= 4 is 11.9 Å². The number of ether oxygens (including phenoxy) is 2. The van der Waals surface area contributed by atoms with Crippen LogP contribution < -0.4 is 15.2 Å². The van der Waals surface area contributed by atoms with Crippen LogP contribution in [0.1, 0.15) is 43.2 Å². The van der Waals surface area contributed by atoms with E-state index in [-0.39, 0.29) is 24.3 Å².